The van der Waals surface area contributed by atoms with Gasteiger partial charge in [-0.15, -0.1) is 0 Å². The Balaban J connectivity index is 1.80. The molecule has 0 bridgehead atoms. The second-order valence-corrected chi connectivity index (χ2v) is 9.90. The van der Waals surface area contributed by atoms with Crippen molar-refractivity contribution in [1.82, 2.24) is 0 Å². The number of furan rings is 1. The molecule has 0 atom stereocenters. The van der Waals surface area contributed by atoms with E-state index in [9.17, 15) is 32.2 Å². The molecular weight excluding hydrogens is 510 g/mol. The van der Waals surface area contributed by atoms with Crippen LogP contribution < -0.4 is 14.4 Å². The number of methoxy groups -OCH3 is 1. The van der Waals surface area contributed by atoms with Gasteiger partial charge in [-0.3, -0.25) is 4.31 Å². The number of aliphatic hydroxyl groups excluding tert-OH is 1. The third-order valence-corrected chi connectivity index (χ3v) is 6.73. The molecule has 3 N–H and O–H groups in total. The number of fused-ring (bicyclic) bond motifs is 1. The van der Waals surface area contributed by atoms with Crippen molar-refractivity contribution in [2.45, 2.75) is 0 Å². The summed E-state index contributed by atoms with van der Waals surface area (Å²) in [7, 11) is -2.51. The highest BCUT2D eigenvalue weighted by Crippen LogP contribution is 2.41. The van der Waals surface area contributed by atoms with E-state index in [1.54, 1.807) is 0 Å². The second-order valence-electron chi connectivity index (χ2n) is 7.99. The van der Waals surface area contributed by atoms with Crippen LogP contribution in [0.2, 0.25) is 0 Å². The summed E-state index contributed by atoms with van der Waals surface area (Å²) in [6.07, 6.45) is 0.966. The lowest BCUT2D eigenvalue weighted by Crippen LogP contribution is -2.32. The van der Waals surface area contributed by atoms with Crippen LogP contribution in [0.5, 0.6) is 5.75 Å². The van der Waals surface area contributed by atoms with Crippen LogP contribution in [0.25, 0.3) is 22.3 Å². The Morgan fingerprint density at radius 3 is 2.43 bits per heavy atom. The lowest BCUT2D eigenvalue weighted by Gasteiger charge is -2.23. The summed E-state index contributed by atoms with van der Waals surface area (Å²) in [5.74, 6) is -3.26. The lowest BCUT2D eigenvalue weighted by atomic mass is 10.0. The minimum atomic E-state index is -3.81. The van der Waals surface area contributed by atoms with E-state index in [0.717, 1.165) is 16.6 Å². The standard InChI is InChI=1S/C25H22F2N2O7S/c1-35-21-12-16-20(13-19(21)29(10-11-30)37(2,33)34)36-24(22(16)25(31)32)14-6-8-15(9-7-14)28-18-5-3-4-17(26)23(18)27/h3-9,12-13,28,30H,10-11H2,1-2H3,(H,31,32). The Morgan fingerprint density at radius 2 is 1.84 bits per heavy atom. The van der Waals surface area contributed by atoms with Crippen molar-refractivity contribution in [3.8, 4) is 17.1 Å². The SMILES string of the molecule is COc1cc2c(C(=O)O)c(-c3ccc(Nc4cccc(F)c4F)cc3)oc2cc1N(CCO)S(C)(=O)=O. The molecule has 12 heteroatoms. The third-order valence-electron chi connectivity index (χ3n) is 5.55. The molecule has 0 aliphatic rings. The number of carboxylic acids is 1. The van der Waals surface area contributed by atoms with E-state index in [1.165, 1.54) is 55.6 Å². The number of anilines is 3. The van der Waals surface area contributed by atoms with Crippen molar-refractivity contribution in [2.24, 2.45) is 0 Å². The summed E-state index contributed by atoms with van der Waals surface area (Å²) in [5, 5.41) is 22.2. The highest BCUT2D eigenvalue weighted by atomic mass is 32.2. The van der Waals surface area contributed by atoms with Crippen LogP contribution in [-0.4, -0.2) is 51.1 Å². The average Bonchev–Trinajstić information content (AvgIpc) is 3.23. The average molecular weight is 533 g/mol. The van der Waals surface area contributed by atoms with Gasteiger partial charge in [-0.25, -0.2) is 22.0 Å². The van der Waals surface area contributed by atoms with Crippen molar-refractivity contribution in [2.75, 3.05) is 36.1 Å². The van der Waals surface area contributed by atoms with Crippen LogP contribution >= 0.6 is 0 Å². The van der Waals surface area contributed by atoms with E-state index in [2.05, 4.69) is 5.32 Å². The topological polar surface area (TPSA) is 129 Å². The van der Waals surface area contributed by atoms with E-state index in [1.807, 2.05) is 0 Å². The zero-order chi connectivity index (χ0) is 26.9. The number of benzene rings is 3. The summed E-state index contributed by atoms with van der Waals surface area (Å²) >= 11 is 0. The normalized spacial score (nSPS) is 11.5. The number of rotatable bonds is 9. The lowest BCUT2D eigenvalue weighted by molar-refractivity contribution is 0.0699. The van der Waals surface area contributed by atoms with Gasteiger partial charge in [-0.2, -0.15) is 0 Å². The Bertz CT molecular complexity index is 1590. The van der Waals surface area contributed by atoms with E-state index in [-0.39, 0.29) is 46.0 Å². The predicted octanol–water partition coefficient (Wildman–Crippen LogP) is 4.59. The van der Waals surface area contributed by atoms with E-state index >= 15 is 0 Å². The van der Waals surface area contributed by atoms with Crippen molar-refractivity contribution < 1.29 is 41.4 Å². The molecule has 1 aromatic heterocycles. The molecule has 3 aromatic carbocycles. The van der Waals surface area contributed by atoms with Crippen LogP contribution in [-0.2, 0) is 10.0 Å². The van der Waals surface area contributed by atoms with Gasteiger partial charge in [0.1, 0.15) is 22.7 Å². The summed E-state index contributed by atoms with van der Waals surface area (Å²) in [4.78, 5) is 12.2. The largest absolute Gasteiger partial charge is 0.495 e. The van der Waals surface area contributed by atoms with Crippen molar-refractivity contribution in [3.63, 3.8) is 0 Å². The number of aromatic carboxylic acids is 1. The zero-order valence-corrected chi connectivity index (χ0v) is 20.5. The van der Waals surface area contributed by atoms with E-state index in [4.69, 9.17) is 9.15 Å². The molecule has 0 spiro atoms. The summed E-state index contributed by atoms with van der Waals surface area (Å²) < 4.78 is 64.2. The highest BCUT2D eigenvalue weighted by Gasteiger charge is 2.27. The Labute approximate surface area is 210 Å². The number of nitrogens with one attached hydrogen (secondary N) is 1. The molecule has 9 nitrogen and oxygen atoms in total. The number of halogens is 2. The monoisotopic (exact) mass is 532 g/mol. The summed E-state index contributed by atoms with van der Waals surface area (Å²) in [5.41, 5.74) is 0.692. The van der Waals surface area contributed by atoms with Gasteiger partial charge in [0.2, 0.25) is 10.0 Å². The first-order chi connectivity index (χ1) is 17.5. The molecule has 4 aromatic rings. The molecular formula is C25H22F2N2O7S. The number of hydrogen-bond acceptors (Lipinski definition) is 7. The molecule has 0 radical (unpaired) electrons. The first-order valence-corrected chi connectivity index (χ1v) is 12.7. The fourth-order valence-corrected chi connectivity index (χ4v) is 4.82. The molecule has 0 aliphatic heterocycles. The molecule has 0 saturated heterocycles. The van der Waals surface area contributed by atoms with Crippen LogP contribution in [0.3, 0.4) is 0 Å². The summed E-state index contributed by atoms with van der Waals surface area (Å²) in [6.45, 7) is -0.710. The molecule has 4 rings (SSSR count). The van der Waals surface area contributed by atoms with Crippen molar-refractivity contribution in [3.05, 3.63) is 71.8 Å². The smallest absolute Gasteiger partial charge is 0.340 e. The number of ether oxygens (including phenoxy) is 1. The van der Waals surface area contributed by atoms with Crippen LogP contribution in [0.15, 0.2) is 59.0 Å². The molecule has 0 fully saturated rings. The van der Waals surface area contributed by atoms with Crippen LogP contribution in [0.1, 0.15) is 10.4 Å². The zero-order valence-electron chi connectivity index (χ0n) is 19.7. The fraction of sp³-hybridized carbons (Fsp3) is 0.160. The van der Waals surface area contributed by atoms with Gasteiger partial charge in [-0.1, -0.05) is 6.07 Å². The van der Waals surface area contributed by atoms with Gasteiger partial charge in [0.25, 0.3) is 0 Å². The molecule has 1 heterocycles. The predicted molar refractivity (Wildman–Crippen MR) is 134 cm³/mol. The number of aliphatic hydroxyl groups is 1. The van der Waals surface area contributed by atoms with Gasteiger partial charge in [0, 0.05) is 22.7 Å². The Hall–Kier alpha value is -4.16. The van der Waals surface area contributed by atoms with Gasteiger partial charge in [-0.05, 0) is 42.5 Å². The maximum absolute atomic E-state index is 14.0. The van der Waals surface area contributed by atoms with Crippen molar-refractivity contribution >= 4 is 44.0 Å². The second kappa shape index (κ2) is 10.1. The van der Waals surface area contributed by atoms with Crippen LogP contribution in [0.4, 0.5) is 25.8 Å². The maximum Gasteiger partial charge on any atom is 0.340 e. The molecule has 37 heavy (non-hydrogen) atoms. The minimum Gasteiger partial charge on any atom is -0.495 e. The highest BCUT2D eigenvalue weighted by molar-refractivity contribution is 7.92. The number of nitrogens with zero attached hydrogens (tertiary/aromatic N) is 1. The summed E-state index contributed by atoms with van der Waals surface area (Å²) in [6, 6.07) is 12.6. The van der Waals surface area contributed by atoms with E-state index < -0.39 is 34.2 Å². The quantitative estimate of drug-likeness (QED) is 0.286. The first kappa shape index (κ1) is 25.9. The molecule has 0 unspecified atom stereocenters. The molecule has 0 aliphatic carbocycles. The number of hydrogen-bond donors (Lipinski definition) is 3. The van der Waals surface area contributed by atoms with Gasteiger partial charge in [0.15, 0.2) is 11.6 Å². The minimum absolute atomic E-state index is 0.00162. The van der Waals surface area contributed by atoms with E-state index in [0.29, 0.717) is 11.3 Å². The first-order valence-electron chi connectivity index (χ1n) is 10.8. The number of carbonyl (C=O) groups is 1. The van der Waals surface area contributed by atoms with Crippen LogP contribution in [0, 0.1) is 11.6 Å². The third kappa shape index (κ3) is 5.06. The fourth-order valence-electron chi connectivity index (χ4n) is 3.90. The Kier molecular flexibility index (Phi) is 7.05. The van der Waals surface area contributed by atoms with Gasteiger partial charge in [0.05, 0.1) is 37.9 Å². The number of sulfonamides is 1. The maximum atomic E-state index is 14.0. The molecule has 0 saturated carbocycles. The van der Waals surface area contributed by atoms with Gasteiger partial charge >= 0.3 is 5.97 Å². The molecule has 0 amide bonds. The molecule has 194 valence electrons. The number of carboxylic acid groups (broad SMARTS) is 1. The van der Waals surface area contributed by atoms with Crippen molar-refractivity contribution in [1.29, 1.82) is 0 Å². The van der Waals surface area contributed by atoms with Gasteiger partial charge < -0.3 is 24.7 Å². The Morgan fingerprint density at radius 1 is 1.14 bits per heavy atom.